The minimum atomic E-state index is -0.783. The molecule has 18 heavy (non-hydrogen) atoms. The highest BCUT2D eigenvalue weighted by molar-refractivity contribution is 7.98. The van der Waals surface area contributed by atoms with Gasteiger partial charge in [0.1, 0.15) is 0 Å². The van der Waals surface area contributed by atoms with Crippen molar-refractivity contribution in [3.63, 3.8) is 0 Å². The topological polar surface area (TPSA) is 79.5 Å². The summed E-state index contributed by atoms with van der Waals surface area (Å²) in [5.74, 6) is -1.12. The maximum Gasteiger partial charge on any atom is 0.306 e. The molecule has 1 heterocycles. The predicted molar refractivity (Wildman–Crippen MR) is 66.7 cm³/mol. The molecule has 0 radical (unpaired) electrons. The smallest absolute Gasteiger partial charge is 0.306 e. The molecule has 1 amide bonds. The third-order valence-electron chi connectivity index (χ3n) is 3.12. The molecule has 0 unspecified atom stereocenters. The number of thioether (sulfide) groups is 1. The number of carbonyl (C=O) groups excluding carboxylic acids is 1. The second-order valence-corrected chi connectivity index (χ2v) is 5.15. The van der Waals surface area contributed by atoms with Crippen LogP contribution in [0, 0.1) is 5.92 Å². The van der Waals surface area contributed by atoms with Gasteiger partial charge in [0.2, 0.25) is 0 Å². The SMILES string of the molecule is CSc1ccc(C(=O)N[C@H]2CC[C@@H](C(=O)O)C2)o1. The standard InChI is InChI=1S/C12H15NO4S/c1-18-10-5-4-9(17-10)11(14)13-8-3-2-7(6-8)12(15)16/h4-5,7-8H,2-3,6H2,1H3,(H,13,14)(H,15,16)/t7-,8+/m1/s1. The van der Waals surface area contributed by atoms with Gasteiger partial charge in [-0.25, -0.2) is 0 Å². The number of aliphatic carboxylic acids is 1. The quantitative estimate of drug-likeness (QED) is 0.817. The molecule has 1 aromatic heterocycles. The Morgan fingerprint density at radius 2 is 2.22 bits per heavy atom. The number of nitrogens with one attached hydrogen (secondary N) is 1. The summed E-state index contributed by atoms with van der Waals surface area (Å²) in [5.41, 5.74) is 0. The molecule has 2 N–H and O–H groups in total. The minimum Gasteiger partial charge on any atom is -0.481 e. The second-order valence-electron chi connectivity index (χ2n) is 4.34. The van der Waals surface area contributed by atoms with Crippen molar-refractivity contribution in [3.05, 3.63) is 17.9 Å². The number of amides is 1. The lowest BCUT2D eigenvalue weighted by Crippen LogP contribution is -2.33. The van der Waals surface area contributed by atoms with E-state index < -0.39 is 5.97 Å². The van der Waals surface area contributed by atoms with Crippen LogP contribution in [0.1, 0.15) is 29.8 Å². The lowest BCUT2D eigenvalue weighted by atomic mass is 10.1. The first-order valence-corrected chi connectivity index (χ1v) is 7.00. The van der Waals surface area contributed by atoms with Crippen LogP contribution in [0.2, 0.25) is 0 Å². The summed E-state index contributed by atoms with van der Waals surface area (Å²) in [7, 11) is 0. The third-order valence-corrected chi connectivity index (χ3v) is 3.75. The van der Waals surface area contributed by atoms with Crippen molar-refractivity contribution in [1.29, 1.82) is 0 Å². The minimum absolute atomic E-state index is 0.0681. The summed E-state index contributed by atoms with van der Waals surface area (Å²) < 4.78 is 5.31. The highest BCUT2D eigenvalue weighted by Gasteiger charge is 2.31. The molecule has 1 fully saturated rings. The fraction of sp³-hybridized carbons (Fsp3) is 0.500. The molecule has 2 rings (SSSR count). The van der Waals surface area contributed by atoms with Gasteiger partial charge in [-0.05, 0) is 37.7 Å². The van der Waals surface area contributed by atoms with Gasteiger partial charge in [0.15, 0.2) is 10.9 Å². The Morgan fingerprint density at radius 1 is 1.44 bits per heavy atom. The van der Waals surface area contributed by atoms with E-state index in [-0.39, 0.29) is 23.6 Å². The second kappa shape index (κ2) is 5.48. The van der Waals surface area contributed by atoms with Gasteiger partial charge in [0.25, 0.3) is 5.91 Å². The zero-order valence-corrected chi connectivity index (χ0v) is 10.8. The first-order valence-electron chi connectivity index (χ1n) is 5.77. The van der Waals surface area contributed by atoms with E-state index in [2.05, 4.69) is 5.32 Å². The highest BCUT2D eigenvalue weighted by atomic mass is 32.2. The van der Waals surface area contributed by atoms with Crippen molar-refractivity contribution < 1.29 is 19.1 Å². The van der Waals surface area contributed by atoms with Gasteiger partial charge in [0, 0.05) is 6.04 Å². The van der Waals surface area contributed by atoms with E-state index in [1.54, 1.807) is 12.1 Å². The number of carbonyl (C=O) groups is 2. The van der Waals surface area contributed by atoms with Crippen LogP contribution >= 0.6 is 11.8 Å². The average Bonchev–Trinajstić information content (AvgIpc) is 2.96. The molecule has 0 saturated heterocycles. The van der Waals surface area contributed by atoms with Crippen LogP contribution in [0.5, 0.6) is 0 Å². The van der Waals surface area contributed by atoms with E-state index in [1.165, 1.54) is 11.8 Å². The number of carboxylic acid groups (broad SMARTS) is 1. The van der Waals surface area contributed by atoms with Gasteiger partial charge in [-0.15, -0.1) is 0 Å². The van der Waals surface area contributed by atoms with Crippen molar-refractivity contribution in [2.75, 3.05) is 6.26 Å². The van der Waals surface area contributed by atoms with E-state index in [0.29, 0.717) is 24.4 Å². The molecular formula is C12H15NO4S. The van der Waals surface area contributed by atoms with Crippen LogP contribution in [-0.4, -0.2) is 29.3 Å². The normalized spacial score (nSPS) is 22.9. The molecule has 1 saturated carbocycles. The Labute approximate surface area is 109 Å². The summed E-state index contributed by atoms with van der Waals surface area (Å²) in [5, 5.41) is 12.4. The van der Waals surface area contributed by atoms with Gasteiger partial charge >= 0.3 is 5.97 Å². The van der Waals surface area contributed by atoms with E-state index >= 15 is 0 Å². The highest BCUT2D eigenvalue weighted by Crippen LogP contribution is 2.26. The van der Waals surface area contributed by atoms with Crippen LogP contribution in [-0.2, 0) is 4.79 Å². The molecule has 0 spiro atoms. The van der Waals surface area contributed by atoms with Crippen molar-refractivity contribution in [3.8, 4) is 0 Å². The molecule has 0 aromatic carbocycles. The first-order chi connectivity index (χ1) is 8.60. The van der Waals surface area contributed by atoms with Gasteiger partial charge in [-0.2, -0.15) is 0 Å². The summed E-state index contributed by atoms with van der Waals surface area (Å²) in [6.07, 6.45) is 3.69. The molecule has 6 heteroatoms. The lowest BCUT2D eigenvalue weighted by Gasteiger charge is -2.10. The molecule has 5 nitrogen and oxygen atoms in total. The lowest BCUT2D eigenvalue weighted by molar-refractivity contribution is -0.141. The molecule has 1 aliphatic rings. The number of furan rings is 1. The van der Waals surface area contributed by atoms with Crippen molar-refractivity contribution in [2.24, 2.45) is 5.92 Å². The average molecular weight is 269 g/mol. The zero-order chi connectivity index (χ0) is 13.1. The summed E-state index contributed by atoms with van der Waals surface area (Å²) in [6, 6.07) is 3.31. The van der Waals surface area contributed by atoms with Crippen molar-refractivity contribution >= 4 is 23.6 Å². The van der Waals surface area contributed by atoms with Gasteiger partial charge in [-0.1, -0.05) is 11.8 Å². The summed E-state index contributed by atoms with van der Waals surface area (Å²) in [4.78, 5) is 22.7. The van der Waals surface area contributed by atoms with Crippen LogP contribution in [0.15, 0.2) is 21.6 Å². The first kappa shape index (κ1) is 13.0. The van der Waals surface area contributed by atoms with E-state index in [0.717, 1.165) is 0 Å². The number of carboxylic acids is 1. The zero-order valence-electron chi connectivity index (χ0n) is 10.0. The fourth-order valence-electron chi connectivity index (χ4n) is 2.15. The van der Waals surface area contributed by atoms with Crippen molar-refractivity contribution in [1.82, 2.24) is 5.32 Å². The molecule has 0 bridgehead atoms. The van der Waals surface area contributed by atoms with Crippen LogP contribution in [0.4, 0.5) is 0 Å². The maximum atomic E-state index is 11.8. The number of hydrogen-bond acceptors (Lipinski definition) is 4. The molecule has 1 aromatic rings. The molecule has 0 aliphatic heterocycles. The predicted octanol–water partition coefficient (Wildman–Crippen LogP) is 1.98. The van der Waals surface area contributed by atoms with E-state index in [4.69, 9.17) is 9.52 Å². The Morgan fingerprint density at radius 3 is 2.78 bits per heavy atom. The Bertz CT molecular complexity index is 457. The largest absolute Gasteiger partial charge is 0.481 e. The van der Waals surface area contributed by atoms with Crippen LogP contribution < -0.4 is 5.32 Å². The monoisotopic (exact) mass is 269 g/mol. The number of rotatable bonds is 4. The van der Waals surface area contributed by atoms with Gasteiger partial charge < -0.3 is 14.8 Å². The number of hydrogen-bond donors (Lipinski definition) is 2. The Kier molecular flexibility index (Phi) is 3.96. The van der Waals surface area contributed by atoms with E-state index in [9.17, 15) is 9.59 Å². The van der Waals surface area contributed by atoms with Crippen LogP contribution in [0.3, 0.4) is 0 Å². The Balaban J connectivity index is 1.90. The molecular weight excluding hydrogens is 254 g/mol. The summed E-state index contributed by atoms with van der Waals surface area (Å²) >= 11 is 1.43. The Hall–Kier alpha value is -1.43. The fourth-order valence-corrected chi connectivity index (χ4v) is 2.52. The maximum absolute atomic E-state index is 11.8. The van der Waals surface area contributed by atoms with Gasteiger partial charge in [-0.3, -0.25) is 9.59 Å². The van der Waals surface area contributed by atoms with Gasteiger partial charge in [0.05, 0.1) is 5.92 Å². The van der Waals surface area contributed by atoms with Crippen molar-refractivity contribution in [2.45, 2.75) is 30.4 Å². The molecule has 2 atom stereocenters. The third kappa shape index (κ3) is 2.87. The molecule has 98 valence electrons. The van der Waals surface area contributed by atoms with Crippen LogP contribution in [0.25, 0.3) is 0 Å². The molecule has 1 aliphatic carbocycles. The van der Waals surface area contributed by atoms with E-state index in [1.807, 2.05) is 6.26 Å². The summed E-state index contributed by atoms with van der Waals surface area (Å²) in [6.45, 7) is 0.